The molecular weight excluding hydrogens is 872 g/mol. The third-order valence-corrected chi connectivity index (χ3v) is 7.16. The van der Waals surface area contributed by atoms with Crippen LogP contribution in [0.4, 0.5) is 8.78 Å². The van der Waals surface area contributed by atoms with E-state index < -0.39 is 17.6 Å². The summed E-state index contributed by atoms with van der Waals surface area (Å²) in [7, 11) is 0. The first-order chi connectivity index (χ1) is 21.5. The number of aromatic nitrogens is 2. The van der Waals surface area contributed by atoms with E-state index in [4.69, 9.17) is 10.1 Å². The summed E-state index contributed by atoms with van der Waals surface area (Å²) in [6.45, 7) is -0.356. The zero-order valence-electron chi connectivity index (χ0n) is 25.5. The number of pyridine rings is 2. The van der Waals surface area contributed by atoms with Crippen LogP contribution in [-0.4, -0.2) is 45.0 Å². The maximum absolute atomic E-state index is 13.7. The van der Waals surface area contributed by atoms with E-state index in [1.807, 2.05) is 0 Å². The van der Waals surface area contributed by atoms with Crippen LogP contribution in [0.1, 0.15) is 54.2 Å². The molecular formula is C29H19Br3F2K2N4O7. The molecule has 0 radical (unpaired) electrons. The Hall–Kier alpha value is -0.977. The predicted octanol–water partition coefficient (Wildman–Crippen LogP) is -1.22. The predicted molar refractivity (Wildman–Crippen MR) is 164 cm³/mol. The Morgan fingerprint density at radius 1 is 0.787 bits per heavy atom. The number of fused-ring (bicyclic) bond motifs is 2. The SMILES string of the molecule is Fc1cc(Br)cnc1CBr.O=C1NC(=O)c2ccccc21.O=C1c2ccccc2C(=O)N1Cc1ncc(Br)cc1F.O=CO[O-].[H-].[K+].[K+]. The summed E-state index contributed by atoms with van der Waals surface area (Å²) < 4.78 is 27.6. The van der Waals surface area contributed by atoms with Gasteiger partial charge in [0.25, 0.3) is 30.1 Å². The maximum atomic E-state index is 13.7. The molecule has 4 amide bonds. The van der Waals surface area contributed by atoms with E-state index in [-0.39, 0.29) is 141 Å². The van der Waals surface area contributed by atoms with Gasteiger partial charge in [0.2, 0.25) is 0 Å². The number of amides is 4. The Labute approximate surface area is 378 Å². The summed E-state index contributed by atoms with van der Waals surface area (Å²) in [5.41, 5.74) is 2.12. The second-order valence-electron chi connectivity index (χ2n) is 8.56. The Morgan fingerprint density at radius 3 is 1.53 bits per heavy atom. The molecule has 0 saturated heterocycles. The summed E-state index contributed by atoms with van der Waals surface area (Å²) in [4.78, 5) is 66.1. The minimum Gasteiger partial charge on any atom is -1.00 e. The van der Waals surface area contributed by atoms with Gasteiger partial charge in [-0.15, -0.1) is 0 Å². The second kappa shape index (κ2) is 22.0. The number of benzene rings is 2. The molecule has 6 rings (SSSR count). The third-order valence-electron chi connectivity index (χ3n) is 5.76. The topological polar surface area (TPSA) is 159 Å². The molecule has 11 nitrogen and oxygen atoms in total. The van der Waals surface area contributed by atoms with E-state index in [1.54, 1.807) is 54.7 Å². The number of hydrogen-bond donors (Lipinski definition) is 1. The van der Waals surface area contributed by atoms with Crippen molar-refractivity contribution in [2.45, 2.75) is 11.9 Å². The van der Waals surface area contributed by atoms with Gasteiger partial charge in [0.1, 0.15) is 11.6 Å². The first-order valence-electron chi connectivity index (χ1n) is 12.3. The first kappa shape index (κ1) is 44.0. The summed E-state index contributed by atoms with van der Waals surface area (Å²) in [6, 6.07) is 15.9. The number of rotatable bonds is 4. The van der Waals surface area contributed by atoms with E-state index in [9.17, 15) is 28.0 Å². The van der Waals surface area contributed by atoms with Crippen LogP contribution in [0.25, 0.3) is 0 Å². The van der Waals surface area contributed by atoms with Gasteiger partial charge >= 0.3 is 103 Å². The van der Waals surface area contributed by atoms with E-state index in [0.717, 1.165) is 4.90 Å². The van der Waals surface area contributed by atoms with E-state index in [1.165, 1.54) is 18.3 Å². The molecule has 0 bridgehead atoms. The smallest absolute Gasteiger partial charge is 1.00 e. The van der Waals surface area contributed by atoms with Crippen LogP contribution in [-0.2, 0) is 21.6 Å². The van der Waals surface area contributed by atoms with Gasteiger partial charge in [-0.2, -0.15) is 0 Å². The molecule has 2 aliphatic heterocycles. The van der Waals surface area contributed by atoms with E-state index in [0.29, 0.717) is 42.2 Å². The van der Waals surface area contributed by atoms with Crippen LogP contribution in [0.2, 0.25) is 0 Å². The number of nitrogens with zero attached hydrogens (tertiary/aromatic N) is 3. The maximum Gasteiger partial charge on any atom is 1.00 e. The molecule has 0 saturated carbocycles. The fraction of sp³-hybridized carbons (Fsp3) is 0.0690. The Kier molecular flexibility index (Phi) is 20.6. The number of nitrogens with one attached hydrogen (secondary N) is 1. The summed E-state index contributed by atoms with van der Waals surface area (Å²) in [5, 5.41) is 11.1. The van der Waals surface area contributed by atoms with Crippen molar-refractivity contribution >= 4 is 77.9 Å². The fourth-order valence-corrected chi connectivity index (χ4v) is 4.77. The van der Waals surface area contributed by atoms with Gasteiger partial charge in [-0.25, -0.2) is 8.78 Å². The van der Waals surface area contributed by atoms with Crippen LogP contribution in [0.15, 0.2) is 82.0 Å². The van der Waals surface area contributed by atoms with Crippen molar-refractivity contribution < 1.29 is 147 Å². The van der Waals surface area contributed by atoms with Gasteiger partial charge in [0, 0.05) is 26.7 Å². The minimum absolute atomic E-state index is 0. The molecule has 4 aromatic rings. The van der Waals surface area contributed by atoms with Crippen molar-refractivity contribution in [1.29, 1.82) is 0 Å². The molecule has 2 aromatic carbocycles. The zero-order chi connectivity index (χ0) is 33.1. The van der Waals surface area contributed by atoms with E-state index >= 15 is 0 Å². The molecule has 2 aromatic heterocycles. The normalized spacial score (nSPS) is 11.8. The molecule has 47 heavy (non-hydrogen) atoms. The second-order valence-corrected chi connectivity index (χ2v) is 11.0. The Balaban J connectivity index is 0.000000677. The monoisotopic (exact) mass is 888 g/mol. The van der Waals surface area contributed by atoms with Crippen LogP contribution in [0, 0.1) is 11.6 Å². The van der Waals surface area contributed by atoms with Gasteiger partial charge in [-0.3, -0.25) is 44.2 Å². The quantitative estimate of drug-likeness (QED) is 0.0663. The molecule has 0 unspecified atom stereocenters. The van der Waals surface area contributed by atoms with Gasteiger partial charge < -0.3 is 11.6 Å². The molecule has 1 N–H and O–H groups in total. The molecule has 4 heterocycles. The average molecular weight is 891 g/mol. The fourth-order valence-electron chi connectivity index (χ4n) is 3.75. The van der Waals surface area contributed by atoms with Crippen molar-refractivity contribution in [2.75, 3.05) is 0 Å². The van der Waals surface area contributed by atoms with E-state index in [2.05, 4.69) is 68.0 Å². The minimum atomic E-state index is -0.559. The Bertz CT molecular complexity index is 1710. The molecule has 18 heteroatoms. The zero-order valence-corrected chi connectivity index (χ0v) is 35.5. The number of carbonyl (C=O) groups excluding carboxylic acids is 5. The molecule has 0 aliphatic carbocycles. The number of alkyl halides is 1. The van der Waals surface area contributed by atoms with Gasteiger partial charge in [0.05, 0.1) is 40.2 Å². The van der Waals surface area contributed by atoms with Gasteiger partial charge in [0.15, 0.2) is 0 Å². The first-order valence-corrected chi connectivity index (χ1v) is 15.0. The van der Waals surface area contributed by atoms with Crippen LogP contribution < -0.4 is 113 Å². The standard InChI is InChI=1S/C14H8BrFN2O2.C8H5NO2.C6H4Br2FN.CH2O3.2K.H/c15-8-5-11(16)12(17-6-8)7-18-13(19)9-3-1-2-4-10(9)14(18)20;10-7-5-3-1-2-4-6(5)8(11)9-7;7-2-6-5(9)1-4(8)3-10-6;2-1-4-3;;;/h1-6H,7H2;1-4H,(H,9,10,11);1,3H,2H2;1,3H;;;/q;;;;2*+1;-1/p-1. The van der Waals surface area contributed by atoms with Crippen LogP contribution in [0.3, 0.4) is 0 Å². The average Bonchev–Trinajstić information content (AvgIpc) is 3.46. The summed E-state index contributed by atoms with van der Waals surface area (Å²) in [5.74, 6) is -2.29. The van der Waals surface area contributed by atoms with Crippen molar-refractivity contribution in [3.05, 3.63) is 127 Å². The van der Waals surface area contributed by atoms with Crippen molar-refractivity contribution in [3.63, 3.8) is 0 Å². The third kappa shape index (κ3) is 12.4. The molecule has 234 valence electrons. The number of carbonyl (C=O) groups is 5. The van der Waals surface area contributed by atoms with Gasteiger partial charge in [-0.1, -0.05) is 40.2 Å². The van der Waals surface area contributed by atoms with Crippen LogP contribution in [0.5, 0.6) is 0 Å². The van der Waals surface area contributed by atoms with Gasteiger partial charge in [-0.05, 0) is 68.3 Å². The molecule has 2 aliphatic rings. The number of imide groups is 2. The van der Waals surface area contributed by atoms with Crippen molar-refractivity contribution in [1.82, 2.24) is 20.2 Å². The Morgan fingerprint density at radius 2 is 1.17 bits per heavy atom. The number of halogens is 5. The molecule has 0 spiro atoms. The van der Waals surface area contributed by atoms with Crippen molar-refractivity contribution in [3.8, 4) is 0 Å². The summed E-state index contributed by atoms with van der Waals surface area (Å²) in [6.07, 6.45) is 3.00. The largest absolute Gasteiger partial charge is 1.00 e. The summed E-state index contributed by atoms with van der Waals surface area (Å²) >= 11 is 9.33. The molecule has 0 atom stereocenters. The molecule has 0 fully saturated rings. The number of hydrogen-bond acceptors (Lipinski definition) is 9. The van der Waals surface area contributed by atoms with Crippen molar-refractivity contribution in [2.24, 2.45) is 0 Å². The van der Waals surface area contributed by atoms with Crippen LogP contribution >= 0.6 is 47.8 Å².